The van der Waals surface area contributed by atoms with Crippen LogP contribution in [0, 0.1) is 3.57 Å². The van der Waals surface area contributed by atoms with Crippen LogP contribution < -0.4 is 0 Å². The third kappa shape index (κ3) is 3.24. The van der Waals surface area contributed by atoms with Crippen molar-refractivity contribution in [2.45, 2.75) is 52.4 Å². The number of aromatic nitrogens is 2. The van der Waals surface area contributed by atoms with Crippen molar-refractivity contribution in [3.05, 3.63) is 13.9 Å². The van der Waals surface area contributed by atoms with Gasteiger partial charge in [-0.15, -0.1) is 0 Å². The molecule has 0 spiro atoms. The Morgan fingerprint density at radius 1 is 1.53 bits per heavy atom. The van der Waals surface area contributed by atoms with Crippen molar-refractivity contribution >= 4 is 44.6 Å². The molecule has 106 valence electrons. The average Bonchev–Trinajstić information content (AvgIpc) is 2.50. The molecule has 2 heterocycles. The van der Waals surface area contributed by atoms with Crippen molar-refractivity contribution in [1.82, 2.24) is 14.7 Å². The fraction of sp³-hybridized carbons (Fsp3) is 0.667. The third-order valence-corrected chi connectivity index (χ3v) is 5.30. The highest BCUT2D eigenvalue weighted by molar-refractivity contribution is 14.1. The van der Waals surface area contributed by atoms with E-state index in [1.165, 1.54) is 0 Å². The lowest BCUT2D eigenvalue weighted by atomic mass is 10.2. The van der Waals surface area contributed by atoms with Gasteiger partial charge in [0.1, 0.15) is 10.2 Å². The quantitative estimate of drug-likeness (QED) is 0.580. The number of carbonyl (C=O) groups excluding carboxylic acids is 1. The fourth-order valence-corrected chi connectivity index (χ4v) is 2.95. The number of carbonyl (C=O) groups is 1. The minimum Gasteiger partial charge on any atom is -0.444 e. The summed E-state index contributed by atoms with van der Waals surface area (Å²) in [4.78, 5) is 14.0. The van der Waals surface area contributed by atoms with Crippen LogP contribution in [0.1, 0.15) is 33.4 Å². The molecule has 0 N–H and O–H groups in total. The zero-order chi connectivity index (χ0) is 14.4. The van der Waals surface area contributed by atoms with Crippen LogP contribution in [-0.2, 0) is 17.8 Å². The van der Waals surface area contributed by atoms with Crippen molar-refractivity contribution in [3.63, 3.8) is 0 Å². The number of fused-ring (bicyclic) bond motifs is 1. The molecule has 5 nitrogen and oxygen atoms in total. The Hall–Kier alpha value is -0.310. The predicted octanol–water partition coefficient (Wildman–Crippen LogP) is 3.39. The van der Waals surface area contributed by atoms with Gasteiger partial charge in [-0.3, -0.25) is 9.58 Å². The van der Waals surface area contributed by atoms with Crippen molar-refractivity contribution < 1.29 is 9.53 Å². The van der Waals surface area contributed by atoms with Crippen LogP contribution in [0.25, 0.3) is 0 Å². The molecule has 1 atom stereocenters. The van der Waals surface area contributed by atoms with Gasteiger partial charge in [-0.1, -0.05) is 0 Å². The summed E-state index contributed by atoms with van der Waals surface area (Å²) < 4.78 is 9.30. The molecule has 1 aliphatic heterocycles. The molecular weight excluding hydrogens is 425 g/mol. The molecule has 0 saturated carbocycles. The van der Waals surface area contributed by atoms with Gasteiger partial charge in [-0.05, 0) is 66.2 Å². The molecule has 2 rings (SSSR count). The summed E-state index contributed by atoms with van der Waals surface area (Å²) >= 11 is 5.67. The van der Waals surface area contributed by atoms with E-state index in [4.69, 9.17) is 4.74 Å². The molecule has 19 heavy (non-hydrogen) atoms. The SMILES string of the molecule is CC1Cn2nc(Br)c(I)c2CN1C(=O)OC(C)(C)C. The normalized spacial score (nSPS) is 19.3. The smallest absolute Gasteiger partial charge is 0.410 e. The van der Waals surface area contributed by atoms with E-state index in [1.807, 2.05) is 32.4 Å². The van der Waals surface area contributed by atoms with Crippen molar-refractivity contribution in [3.8, 4) is 0 Å². The molecule has 0 radical (unpaired) electrons. The van der Waals surface area contributed by atoms with Crippen LogP contribution in [0.4, 0.5) is 4.79 Å². The number of halogens is 2. The summed E-state index contributed by atoms with van der Waals surface area (Å²) in [5.41, 5.74) is 0.582. The van der Waals surface area contributed by atoms with Gasteiger partial charge in [-0.25, -0.2) is 4.79 Å². The second-order valence-electron chi connectivity index (χ2n) is 5.69. The van der Waals surface area contributed by atoms with E-state index in [2.05, 4.69) is 43.6 Å². The maximum atomic E-state index is 12.2. The lowest BCUT2D eigenvalue weighted by Gasteiger charge is -2.35. The maximum Gasteiger partial charge on any atom is 0.410 e. The number of rotatable bonds is 0. The minimum atomic E-state index is -0.470. The monoisotopic (exact) mass is 441 g/mol. The Labute approximate surface area is 134 Å². The number of ether oxygens (including phenoxy) is 1. The summed E-state index contributed by atoms with van der Waals surface area (Å²) in [6, 6.07) is 0.0740. The Balaban J connectivity index is 2.21. The lowest BCUT2D eigenvalue weighted by molar-refractivity contribution is 0.00898. The first-order valence-electron chi connectivity index (χ1n) is 6.09. The van der Waals surface area contributed by atoms with Gasteiger partial charge in [0.05, 0.1) is 28.4 Å². The first kappa shape index (κ1) is 15.1. The van der Waals surface area contributed by atoms with Crippen molar-refractivity contribution in [2.75, 3.05) is 0 Å². The van der Waals surface area contributed by atoms with E-state index in [9.17, 15) is 4.79 Å². The minimum absolute atomic E-state index is 0.0740. The molecule has 1 aromatic heterocycles. The second kappa shape index (κ2) is 5.23. The standard InChI is InChI=1S/C12H17BrIN3O2/c1-7-5-17-8(9(14)10(13)15-17)6-16(7)11(18)19-12(2,3)4/h7H,5-6H2,1-4H3. The fourth-order valence-electron chi connectivity index (χ4n) is 1.98. The maximum absolute atomic E-state index is 12.2. The molecular formula is C12H17BrIN3O2. The lowest BCUT2D eigenvalue weighted by Crippen LogP contribution is -2.47. The predicted molar refractivity (Wildman–Crippen MR) is 83.9 cm³/mol. The van der Waals surface area contributed by atoms with Crippen LogP contribution in [0.5, 0.6) is 0 Å². The molecule has 0 fully saturated rings. The highest BCUT2D eigenvalue weighted by atomic mass is 127. The molecule has 7 heteroatoms. The number of nitrogens with zero attached hydrogens (tertiary/aromatic N) is 3. The van der Waals surface area contributed by atoms with Crippen LogP contribution in [0.2, 0.25) is 0 Å². The Kier molecular flexibility index (Phi) is 4.15. The van der Waals surface area contributed by atoms with Gasteiger partial charge in [0.2, 0.25) is 0 Å². The second-order valence-corrected chi connectivity index (χ2v) is 7.52. The molecule has 1 unspecified atom stereocenters. The van der Waals surface area contributed by atoms with Gasteiger partial charge in [0.25, 0.3) is 0 Å². The van der Waals surface area contributed by atoms with Gasteiger partial charge in [0.15, 0.2) is 0 Å². The highest BCUT2D eigenvalue weighted by Crippen LogP contribution is 2.28. The summed E-state index contributed by atoms with van der Waals surface area (Å²) in [5, 5.41) is 4.42. The average molecular weight is 442 g/mol. The first-order valence-corrected chi connectivity index (χ1v) is 7.96. The van der Waals surface area contributed by atoms with Crippen LogP contribution in [-0.4, -0.2) is 32.4 Å². The van der Waals surface area contributed by atoms with Gasteiger partial charge < -0.3 is 4.74 Å². The van der Waals surface area contributed by atoms with E-state index >= 15 is 0 Å². The summed E-state index contributed by atoms with van der Waals surface area (Å²) in [5.74, 6) is 0. The highest BCUT2D eigenvalue weighted by Gasteiger charge is 2.32. The van der Waals surface area contributed by atoms with E-state index < -0.39 is 5.60 Å². The summed E-state index contributed by atoms with van der Waals surface area (Å²) in [6.45, 7) is 8.87. The molecule has 1 amide bonds. The van der Waals surface area contributed by atoms with Gasteiger partial charge in [0, 0.05) is 0 Å². The zero-order valence-corrected chi connectivity index (χ0v) is 15.1. The largest absolute Gasteiger partial charge is 0.444 e. The first-order chi connectivity index (χ1) is 8.69. The number of amides is 1. The molecule has 1 aliphatic rings. The van der Waals surface area contributed by atoms with Crippen LogP contribution in [0.15, 0.2) is 4.60 Å². The molecule has 0 bridgehead atoms. The summed E-state index contributed by atoms with van der Waals surface area (Å²) in [6.07, 6.45) is -0.264. The molecule has 1 aromatic rings. The zero-order valence-electron chi connectivity index (χ0n) is 11.4. The van der Waals surface area contributed by atoms with E-state index in [0.717, 1.165) is 13.9 Å². The van der Waals surface area contributed by atoms with Gasteiger partial charge in [-0.2, -0.15) is 5.10 Å². The third-order valence-electron chi connectivity index (χ3n) is 2.87. The molecule has 0 aromatic carbocycles. The Morgan fingerprint density at radius 3 is 2.74 bits per heavy atom. The van der Waals surface area contributed by atoms with Gasteiger partial charge >= 0.3 is 6.09 Å². The van der Waals surface area contributed by atoms with Crippen molar-refractivity contribution in [2.24, 2.45) is 0 Å². The number of hydrogen-bond donors (Lipinski definition) is 0. The van der Waals surface area contributed by atoms with E-state index in [1.54, 1.807) is 4.90 Å². The Bertz CT molecular complexity index is 510. The van der Waals surface area contributed by atoms with E-state index in [-0.39, 0.29) is 12.1 Å². The molecule has 0 aliphatic carbocycles. The summed E-state index contributed by atoms with van der Waals surface area (Å²) in [7, 11) is 0. The Morgan fingerprint density at radius 2 is 2.16 bits per heavy atom. The van der Waals surface area contributed by atoms with Crippen LogP contribution in [0.3, 0.4) is 0 Å². The van der Waals surface area contributed by atoms with Crippen molar-refractivity contribution in [1.29, 1.82) is 0 Å². The van der Waals surface area contributed by atoms with Crippen LogP contribution >= 0.6 is 38.5 Å². The number of hydrogen-bond acceptors (Lipinski definition) is 3. The topological polar surface area (TPSA) is 47.4 Å². The molecule has 0 saturated heterocycles. The van der Waals surface area contributed by atoms with E-state index in [0.29, 0.717) is 13.1 Å².